The minimum atomic E-state index is -0.315. The molecule has 0 aromatic carbocycles. The third-order valence-corrected chi connectivity index (χ3v) is 3.24. The van der Waals surface area contributed by atoms with E-state index in [1.54, 1.807) is 0 Å². The number of hydrogen-bond donors (Lipinski definition) is 2. The molecular weight excluding hydrogens is 244 g/mol. The van der Waals surface area contributed by atoms with E-state index >= 15 is 0 Å². The number of rotatable bonds is 3. The van der Waals surface area contributed by atoms with E-state index in [4.69, 9.17) is 12.2 Å². The zero-order valence-corrected chi connectivity index (χ0v) is 11.1. The average Bonchev–Trinajstić information content (AvgIpc) is 2.58. The highest BCUT2D eigenvalue weighted by atomic mass is 32.1. The first-order valence-corrected chi connectivity index (χ1v) is 6.04. The van der Waals surface area contributed by atoms with Gasteiger partial charge in [0.05, 0.1) is 12.1 Å². The largest absolute Gasteiger partial charge is 0.465 e. The van der Waals surface area contributed by atoms with Crippen LogP contribution in [-0.4, -0.2) is 24.7 Å². The summed E-state index contributed by atoms with van der Waals surface area (Å²) in [4.78, 5) is 12.0. The van der Waals surface area contributed by atoms with Gasteiger partial charge in [0, 0.05) is 6.54 Å². The van der Waals surface area contributed by atoms with Crippen molar-refractivity contribution in [3.05, 3.63) is 16.5 Å². The van der Waals surface area contributed by atoms with Gasteiger partial charge in [-0.2, -0.15) is 0 Å². The zero-order valence-electron chi connectivity index (χ0n) is 9.42. The summed E-state index contributed by atoms with van der Waals surface area (Å²) in [5, 5.41) is 7.38. The minimum absolute atomic E-state index is 0.315. The van der Waals surface area contributed by atoms with Crippen molar-refractivity contribution < 1.29 is 9.53 Å². The molecule has 0 amide bonds. The molecule has 0 spiro atoms. The number of anilines is 1. The number of hydrogen-bond acceptors (Lipinski definition) is 4. The molecule has 0 saturated heterocycles. The average molecular weight is 258 g/mol. The molecule has 0 bridgehead atoms. The van der Waals surface area contributed by atoms with E-state index in [2.05, 4.69) is 15.4 Å². The van der Waals surface area contributed by atoms with Crippen molar-refractivity contribution in [2.45, 2.75) is 13.8 Å². The van der Waals surface area contributed by atoms with Crippen LogP contribution in [0, 0.1) is 6.92 Å². The molecule has 6 heteroatoms. The maximum absolute atomic E-state index is 11.4. The van der Waals surface area contributed by atoms with Crippen LogP contribution in [0.3, 0.4) is 0 Å². The SMILES string of the molecule is CCNC(=S)Nc1cc(C)c(C(=O)OC)s1. The maximum atomic E-state index is 11.4. The van der Waals surface area contributed by atoms with Crippen LogP contribution in [0.25, 0.3) is 0 Å². The lowest BCUT2D eigenvalue weighted by Gasteiger charge is -2.05. The molecule has 0 unspecified atom stereocenters. The van der Waals surface area contributed by atoms with E-state index in [-0.39, 0.29) is 5.97 Å². The summed E-state index contributed by atoms with van der Waals surface area (Å²) >= 11 is 6.38. The van der Waals surface area contributed by atoms with Gasteiger partial charge in [0.15, 0.2) is 5.11 Å². The lowest BCUT2D eigenvalue weighted by molar-refractivity contribution is 0.0605. The molecule has 0 aliphatic heterocycles. The van der Waals surface area contributed by atoms with Gasteiger partial charge in [0.25, 0.3) is 0 Å². The smallest absolute Gasteiger partial charge is 0.348 e. The van der Waals surface area contributed by atoms with Crippen molar-refractivity contribution in [2.24, 2.45) is 0 Å². The first kappa shape index (κ1) is 12.9. The molecule has 1 heterocycles. The van der Waals surface area contributed by atoms with Crippen molar-refractivity contribution >= 4 is 39.6 Å². The molecule has 0 aliphatic carbocycles. The molecule has 0 fully saturated rings. The molecule has 1 rings (SSSR count). The number of esters is 1. The summed E-state index contributed by atoms with van der Waals surface area (Å²) in [7, 11) is 1.37. The standard InChI is InChI=1S/C10H14N2O2S2/c1-4-11-10(15)12-7-5-6(2)8(16-7)9(13)14-3/h5H,4H2,1-3H3,(H2,11,12,15). The Labute approximate surface area is 104 Å². The van der Waals surface area contributed by atoms with E-state index in [0.29, 0.717) is 9.99 Å². The van der Waals surface area contributed by atoms with Gasteiger partial charge in [0.2, 0.25) is 0 Å². The van der Waals surface area contributed by atoms with Crippen molar-refractivity contribution in [1.82, 2.24) is 5.32 Å². The summed E-state index contributed by atoms with van der Waals surface area (Å²) in [5.41, 5.74) is 0.888. The van der Waals surface area contributed by atoms with E-state index in [1.807, 2.05) is 19.9 Å². The van der Waals surface area contributed by atoms with E-state index in [1.165, 1.54) is 18.4 Å². The summed E-state index contributed by atoms with van der Waals surface area (Å²) in [6.07, 6.45) is 0. The summed E-state index contributed by atoms with van der Waals surface area (Å²) < 4.78 is 4.68. The molecule has 0 saturated carbocycles. The zero-order chi connectivity index (χ0) is 12.1. The number of thiocarbonyl (C=S) groups is 1. The molecule has 1 aromatic heterocycles. The van der Waals surface area contributed by atoms with Crippen LogP contribution in [0.1, 0.15) is 22.2 Å². The molecule has 4 nitrogen and oxygen atoms in total. The van der Waals surface area contributed by atoms with Crippen molar-refractivity contribution in [3.63, 3.8) is 0 Å². The first-order valence-electron chi connectivity index (χ1n) is 4.82. The molecule has 0 radical (unpaired) electrons. The Bertz CT molecular complexity index is 402. The van der Waals surface area contributed by atoms with Gasteiger partial charge in [0.1, 0.15) is 4.88 Å². The second kappa shape index (κ2) is 5.81. The molecule has 1 aromatic rings. The Kier molecular flexibility index (Phi) is 4.70. The number of carbonyl (C=O) groups excluding carboxylic acids is 1. The molecule has 0 aliphatic rings. The summed E-state index contributed by atoms with van der Waals surface area (Å²) in [6, 6.07) is 1.88. The highest BCUT2D eigenvalue weighted by molar-refractivity contribution is 7.80. The van der Waals surface area contributed by atoms with Crippen molar-refractivity contribution in [3.8, 4) is 0 Å². The fourth-order valence-electron chi connectivity index (χ4n) is 1.16. The lowest BCUT2D eigenvalue weighted by atomic mass is 10.3. The Balaban J connectivity index is 2.77. The first-order chi connectivity index (χ1) is 7.58. The quantitative estimate of drug-likeness (QED) is 0.642. The van der Waals surface area contributed by atoms with Gasteiger partial charge in [-0.15, -0.1) is 11.3 Å². The molecular formula is C10H14N2O2S2. The van der Waals surface area contributed by atoms with Crippen LogP contribution in [-0.2, 0) is 4.74 Å². The van der Waals surface area contributed by atoms with Crippen LogP contribution in [0.2, 0.25) is 0 Å². The predicted octanol–water partition coefficient (Wildman–Crippen LogP) is 2.15. The van der Waals surface area contributed by atoms with Gasteiger partial charge in [-0.1, -0.05) is 0 Å². The Morgan fingerprint density at radius 3 is 2.88 bits per heavy atom. The molecule has 88 valence electrons. The van der Waals surface area contributed by atoms with Gasteiger partial charge in [-0.25, -0.2) is 4.79 Å². The van der Waals surface area contributed by atoms with Crippen molar-refractivity contribution in [2.75, 3.05) is 19.0 Å². The lowest BCUT2D eigenvalue weighted by Crippen LogP contribution is -2.27. The minimum Gasteiger partial charge on any atom is -0.465 e. The second-order valence-electron chi connectivity index (χ2n) is 3.10. The third-order valence-electron chi connectivity index (χ3n) is 1.86. The third kappa shape index (κ3) is 3.18. The number of methoxy groups -OCH3 is 1. The number of carbonyl (C=O) groups is 1. The topological polar surface area (TPSA) is 50.4 Å². The predicted molar refractivity (Wildman–Crippen MR) is 70.3 cm³/mol. The van der Waals surface area contributed by atoms with Crippen molar-refractivity contribution in [1.29, 1.82) is 0 Å². The summed E-state index contributed by atoms with van der Waals surface area (Å²) in [6.45, 7) is 4.60. The van der Waals surface area contributed by atoms with Gasteiger partial charge in [-0.05, 0) is 37.7 Å². The van der Waals surface area contributed by atoms with Crippen LogP contribution in [0.15, 0.2) is 6.07 Å². The van der Waals surface area contributed by atoms with E-state index in [0.717, 1.165) is 17.1 Å². The van der Waals surface area contributed by atoms with Crippen LogP contribution in [0.4, 0.5) is 5.00 Å². The van der Waals surface area contributed by atoms with Gasteiger partial charge in [-0.3, -0.25) is 0 Å². The number of thiophene rings is 1. The fraction of sp³-hybridized carbons (Fsp3) is 0.400. The Morgan fingerprint density at radius 1 is 1.62 bits per heavy atom. The van der Waals surface area contributed by atoms with Gasteiger partial charge >= 0.3 is 5.97 Å². The Morgan fingerprint density at radius 2 is 2.31 bits per heavy atom. The maximum Gasteiger partial charge on any atom is 0.348 e. The molecule has 0 atom stereocenters. The number of ether oxygens (including phenoxy) is 1. The molecule has 2 N–H and O–H groups in total. The van der Waals surface area contributed by atoms with Crippen LogP contribution in [0.5, 0.6) is 0 Å². The van der Waals surface area contributed by atoms with Crippen LogP contribution < -0.4 is 10.6 Å². The highest BCUT2D eigenvalue weighted by Gasteiger charge is 2.14. The normalized spacial score (nSPS) is 9.69. The molecule has 16 heavy (non-hydrogen) atoms. The number of nitrogens with one attached hydrogen (secondary N) is 2. The highest BCUT2D eigenvalue weighted by Crippen LogP contribution is 2.27. The van der Waals surface area contributed by atoms with E-state index < -0.39 is 0 Å². The Hall–Kier alpha value is -1.14. The van der Waals surface area contributed by atoms with Gasteiger partial charge < -0.3 is 15.4 Å². The monoisotopic (exact) mass is 258 g/mol. The van der Waals surface area contributed by atoms with E-state index in [9.17, 15) is 4.79 Å². The van der Waals surface area contributed by atoms with Crippen LogP contribution >= 0.6 is 23.6 Å². The second-order valence-corrected chi connectivity index (χ2v) is 4.56. The fourth-order valence-corrected chi connectivity index (χ4v) is 2.47. The summed E-state index contributed by atoms with van der Waals surface area (Å²) in [5.74, 6) is -0.315. The number of aryl methyl sites for hydroxylation is 1.